The highest BCUT2D eigenvalue weighted by molar-refractivity contribution is 5.56. The van der Waals surface area contributed by atoms with Crippen molar-refractivity contribution >= 4 is 5.69 Å². The second kappa shape index (κ2) is 6.38. The number of nitrogens with one attached hydrogen (secondary N) is 1. The van der Waals surface area contributed by atoms with Crippen LogP contribution in [-0.4, -0.2) is 20.2 Å². The largest absolute Gasteiger partial charge is 0.496 e. The van der Waals surface area contributed by atoms with Crippen LogP contribution in [0.4, 0.5) is 5.69 Å². The average molecular weight is 222 g/mol. The molecule has 0 aromatic heterocycles. The monoisotopic (exact) mass is 222 g/mol. The summed E-state index contributed by atoms with van der Waals surface area (Å²) in [7, 11) is 1.70. The molecule has 0 saturated heterocycles. The topological polar surface area (TPSA) is 47.3 Å². The fourth-order valence-electron chi connectivity index (χ4n) is 1.69. The van der Waals surface area contributed by atoms with E-state index in [4.69, 9.17) is 10.5 Å². The molecule has 90 valence electrons. The van der Waals surface area contributed by atoms with Gasteiger partial charge in [-0.1, -0.05) is 0 Å². The number of benzene rings is 1. The molecule has 1 aromatic rings. The third-order valence-corrected chi connectivity index (χ3v) is 2.69. The van der Waals surface area contributed by atoms with E-state index in [-0.39, 0.29) is 0 Å². The fraction of sp³-hybridized carbons (Fsp3) is 0.538. The zero-order valence-corrected chi connectivity index (χ0v) is 10.5. The summed E-state index contributed by atoms with van der Waals surface area (Å²) in [5.41, 5.74) is 9.02. The van der Waals surface area contributed by atoms with E-state index >= 15 is 0 Å². The molecule has 1 rings (SSSR count). The first-order valence-corrected chi connectivity index (χ1v) is 5.78. The van der Waals surface area contributed by atoms with E-state index in [1.165, 1.54) is 11.3 Å². The molecule has 0 saturated carbocycles. The van der Waals surface area contributed by atoms with Crippen LogP contribution in [0.15, 0.2) is 12.1 Å². The predicted molar refractivity (Wildman–Crippen MR) is 69.2 cm³/mol. The van der Waals surface area contributed by atoms with Gasteiger partial charge in [-0.3, -0.25) is 0 Å². The summed E-state index contributed by atoms with van der Waals surface area (Å²) in [4.78, 5) is 0. The van der Waals surface area contributed by atoms with Gasteiger partial charge >= 0.3 is 0 Å². The van der Waals surface area contributed by atoms with Crippen molar-refractivity contribution in [3.8, 4) is 5.75 Å². The summed E-state index contributed by atoms with van der Waals surface area (Å²) in [5.74, 6) is 0.949. The lowest BCUT2D eigenvalue weighted by atomic mass is 10.1. The van der Waals surface area contributed by atoms with E-state index in [9.17, 15) is 0 Å². The predicted octanol–water partition coefficient (Wildman–Crippen LogP) is 2.46. The van der Waals surface area contributed by atoms with Gasteiger partial charge in [-0.05, 0) is 56.5 Å². The Balaban J connectivity index is 2.63. The molecule has 0 radical (unpaired) electrons. The van der Waals surface area contributed by atoms with Crippen molar-refractivity contribution in [1.29, 1.82) is 0 Å². The molecule has 0 heterocycles. The van der Waals surface area contributed by atoms with Crippen LogP contribution < -0.4 is 15.8 Å². The van der Waals surface area contributed by atoms with E-state index in [0.29, 0.717) is 0 Å². The van der Waals surface area contributed by atoms with Gasteiger partial charge in [-0.15, -0.1) is 0 Å². The van der Waals surface area contributed by atoms with Crippen molar-refractivity contribution in [2.75, 3.05) is 25.5 Å². The Morgan fingerprint density at radius 3 is 2.56 bits per heavy atom. The summed E-state index contributed by atoms with van der Waals surface area (Å²) in [5, 5.41) is 3.43. The zero-order valence-electron chi connectivity index (χ0n) is 10.5. The molecule has 3 N–H and O–H groups in total. The quantitative estimate of drug-likeness (QED) is 0.727. The van der Waals surface area contributed by atoms with Gasteiger partial charge in [-0.2, -0.15) is 0 Å². The summed E-state index contributed by atoms with van der Waals surface area (Å²) in [6.45, 7) is 5.89. The van der Waals surface area contributed by atoms with Crippen LogP contribution in [-0.2, 0) is 0 Å². The number of methoxy groups -OCH3 is 1. The van der Waals surface area contributed by atoms with Crippen molar-refractivity contribution in [3.63, 3.8) is 0 Å². The molecular formula is C13H22N2O. The first-order chi connectivity index (χ1) is 7.69. The molecule has 0 aliphatic heterocycles. The zero-order chi connectivity index (χ0) is 12.0. The molecule has 16 heavy (non-hydrogen) atoms. The lowest BCUT2D eigenvalue weighted by Crippen LogP contribution is -2.07. The lowest BCUT2D eigenvalue weighted by molar-refractivity contribution is 0.411. The minimum Gasteiger partial charge on any atom is -0.496 e. The van der Waals surface area contributed by atoms with Crippen molar-refractivity contribution in [2.45, 2.75) is 26.7 Å². The molecule has 0 aliphatic carbocycles. The number of ether oxygens (including phenoxy) is 1. The maximum Gasteiger partial charge on any atom is 0.122 e. The van der Waals surface area contributed by atoms with Crippen LogP contribution in [0.5, 0.6) is 5.75 Å². The second-order valence-corrected chi connectivity index (χ2v) is 4.06. The standard InChI is InChI=1S/C13H22N2O/c1-10-9-13(16-3)11(2)8-12(10)15-7-5-4-6-14/h8-9,15H,4-7,14H2,1-3H3. The molecule has 0 atom stereocenters. The van der Waals surface area contributed by atoms with Crippen molar-refractivity contribution < 1.29 is 4.74 Å². The number of hydrogen-bond acceptors (Lipinski definition) is 3. The smallest absolute Gasteiger partial charge is 0.122 e. The molecule has 0 fully saturated rings. The molecule has 0 spiro atoms. The van der Waals surface area contributed by atoms with Gasteiger partial charge in [0.2, 0.25) is 0 Å². The molecule has 1 aromatic carbocycles. The number of anilines is 1. The minimum atomic E-state index is 0.766. The maximum absolute atomic E-state index is 5.46. The highest BCUT2D eigenvalue weighted by Gasteiger charge is 2.03. The molecule has 3 heteroatoms. The Morgan fingerprint density at radius 2 is 1.94 bits per heavy atom. The van der Waals surface area contributed by atoms with Gasteiger partial charge in [0.25, 0.3) is 0 Å². The van der Waals surface area contributed by atoms with Crippen LogP contribution in [0.2, 0.25) is 0 Å². The average Bonchev–Trinajstić information content (AvgIpc) is 2.28. The SMILES string of the molecule is COc1cc(C)c(NCCCCN)cc1C. The van der Waals surface area contributed by atoms with E-state index in [1.807, 2.05) is 0 Å². The minimum absolute atomic E-state index is 0.766. The van der Waals surface area contributed by atoms with Crippen LogP contribution in [0.3, 0.4) is 0 Å². The molecule has 0 aliphatic rings. The molecule has 0 amide bonds. The number of rotatable bonds is 6. The lowest BCUT2D eigenvalue weighted by Gasteiger charge is -2.13. The maximum atomic E-state index is 5.46. The summed E-state index contributed by atoms with van der Waals surface area (Å²) < 4.78 is 5.28. The van der Waals surface area contributed by atoms with Gasteiger partial charge in [0.05, 0.1) is 7.11 Å². The van der Waals surface area contributed by atoms with Crippen molar-refractivity contribution in [1.82, 2.24) is 0 Å². The molecule has 0 bridgehead atoms. The van der Waals surface area contributed by atoms with Gasteiger partial charge in [0, 0.05) is 12.2 Å². The Hall–Kier alpha value is -1.22. The van der Waals surface area contributed by atoms with Gasteiger partial charge in [0.1, 0.15) is 5.75 Å². The molecule has 0 unspecified atom stereocenters. The molecule has 3 nitrogen and oxygen atoms in total. The van der Waals surface area contributed by atoms with Crippen LogP contribution in [0.1, 0.15) is 24.0 Å². The molecular weight excluding hydrogens is 200 g/mol. The van der Waals surface area contributed by atoms with Gasteiger partial charge < -0.3 is 15.8 Å². The number of unbranched alkanes of at least 4 members (excludes halogenated alkanes) is 1. The van der Waals surface area contributed by atoms with Crippen LogP contribution in [0, 0.1) is 13.8 Å². The Labute approximate surface area is 98.0 Å². The Bertz CT molecular complexity index is 337. The summed E-state index contributed by atoms with van der Waals surface area (Å²) in [6, 6.07) is 4.21. The first kappa shape index (κ1) is 12.8. The number of nitrogens with two attached hydrogens (primary N) is 1. The van der Waals surface area contributed by atoms with Gasteiger partial charge in [0.15, 0.2) is 0 Å². The van der Waals surface area contributed by atoms with E-state index in [2.05, 4.69) is 31.3 Å². The highest BCUT2D eigenvalue weighted by Crippen LogP contribution is 2.25. The summed E-state index contributed by atoms with van der Waals surface area (Å²) in [6.07, 6.45) is 2.18. The fourth-order valence-corrected chi connectivity index (χ4v) is 1.69. The summed E-state index contributed by atoms with van der Waals surface area (Å²) >= 11 is 0. The number of hydrogen-bond donors (Lipinski definition) is 2. The van der Waals surface area contributed by atoms with Crippen LogP contribution >= 0.6 is 0 Å². The third-order valence-electron chi connectivity index (χ3n) is 2.69. The Kier molecular flexibility index (Phi) is 5.12. The van der Waals surface area contributed by atoms with Gasteiger partial charge in [-0.25, -0.2) is 0 Å². The van der Waals surface area contributed by atoms with E-state index < -0.39 is 0 Å². The second-order valence-electron chi connectivity index (χ2n) is 4.06. The van der Waals surface area contributed by atoms with Crippen molar-refractivity contribution in [3.05, 3.63) is 23.3 Å². The van der Waals surface area contributed by atoms with Crippen molar-refractivity contribution in [2.24, 2.45) is 5.73 Å². The Morgan fingerprint density at radius 1 is 1.19 bits per heavy atom. The first-order valence-electron chi connectivity index (χ1n) is 5.78. The van der Waals surface area contributed by atoms with E-state index in [0.717, 1.165) is 37.2 Å². The van der Waals surface area contributed by atoms with E-state index in [1.54, 1.807) is 7.11 Å². The normalized spacial score (nSPS) is 10.2. The van der Waals surface area contributed by atoms with Crippen LogP contribution in [0.25, 0.3) is 0 Å². The third kappa shape index (κ3) is 3.42. The number of aryl methyl sites for hydroxylation is 2. The highest BCUT2D eigenvalue weighted by atomic mass is 16.5.